The Morgan fingerprint density at radius 2 is 2.00 bits per heavy atom. The van der Waals surface area contributed by atoms with E-state index in [0.29, 0.717) is 12.5 Å². The number of sulfone groups is 1. The molecule has 1 fully saturated rings. The molecule has 0 aliphatic carbocycles. The van der Waals surface area contributed by atoms with Crippen molar-refractivity contribution < 1.29 is 23.1 Å². The molecule has 0 bridgehead atoms. The Labute approximate surface area is 86.9 Å². The number of nitrogens with one attached hydrogen (secondary N) is 1. The standard InChI is InChI=1S/C8H11NO5S/c10-7(1-2-8(11)12)9-6-3-4-15(13,14)5-6/h1-2,6H,3-5H2,(H,9,10)(H,11,12)/b2-1-/t6-/m0/s1. The van der Waals surface area contributed by atoms with Crippen LogP contribution in [0.4, 0.5) is 0 Å². The van der Waals surface area contributed by atoms with Crippen LogP contribution in [0.5, 0.6) is 0 Å². The Balaban J connectivity index is 2.44. The van der Waals surface area contributed by atoms with Crippen molar-refractivity contribution in [2.45, 2.75) is 12.5 Å². The number of rotatable bonds is 3. The largest absolute Gasteiger partial charge is 0.478 e. The van der Waals surface area contributed by atoms with Gasteiger partial charge in [-0.1, -0.05) is 0 Å². The Morgan fingerprint density at radius 3 is 2.47 bits per heavy atom. The summed E-state index contributed by atoms with van der Waals surface area (Å²) in [7, 11) is -3.03. The second-order valence-electron chi connectivity index (χ2n) is 3.28. The molecule has 0 aromatic heterocycles. The van der Waals surface area contributed by atoms with E-state index in [1.165, 1.54) is 0 Å². The first-order valence-electron chi connectivity index (χ1n) is 4.31. The predicted octanol–water partition coefficient (Wildman–Crippen LogP) is -1.07. The summed E-state index contributed by atoms with van der Waals surface area (Å²) in [5.41, 5.74) is 0. The van der Waals surface area contributed by atoms with Gasteiger partial charge in [-0.25, -0.2) is 13.2 Å². The lowest BCUT2D eigenvalue weighted by atomic mass is 10.2. The fourth-order valence-electron chi connectivity index (χ4n) is 1.31. The molecule has 0 radical (unpaired) electrons. The highest BCUT2D eigenvalue weighted by atomic mass is 32.2. The normalized spacial score (nSPS) is 24.1. The molecule has 1 rings (SSSR count). The minimum Gasteiger partial charge on any atom is -0.478 e. The first kappa shape index (κ1) is 11.7. The average molecular weight is 233 g/mol. The predicted molar refractivity (Wildman–Crippen MR) is 52.0 cm³/mol. The maximum Gasteiger partial charge on any atom is 0.328 e. The molecule has 7 heteroatoms. The molecule has 0 spiro atoms. The van der Waals surface area contributed by atoms with Gasteiger partial charge in [-0.3, -0.25) is 4.79 Å². The van der Waals surface area contributed by atoms with Crippen LogP contribution in [0.2, 0.25) is 0 Å². The van der Waals surface area contributed by atoms with Crippen LogP contribution in [0, 0.1) is 0 Å². The van der Waals surface area contributed by atoms with Crippen LogP contribution in [-0.2, 0) is 19.4 Å². The summed E-state index contributed by atoms with van der Waals surface area (Å²) in [6, 6.07) is -0.402. The molecule has 1 heterocycles. The summed E-state index contributed by atoms with van der Waals surface area (Å²) < 4.78 is 22.1. The molecule has 1 aliphatic rings. The summed E-state index contributed by atoms with van der Waals surface area (Å²) in [6.07, 6.45) is 1.96. The molecule has 1 atom stereocenters. The van der Waals surface area contributed by atoms with E-state index in [2.05, 4.69) is 5.32 Å². The molecule has 0 unspecified atom stereocenters. The molecule has 84 valence electrons. The van der Waals surface area contributed by atoms with Gasteiger partial charge in [0.25, 0.3) is 0 Å². The number of hydrogen-bond acceptors (Lipinski definition) is 4. The van der Waals surface area contributed by atoms with Gasteiger partial charge < -0.3 is 10.4 Å². The highest BCUT2D eigenvalue weighted by Gasteiger charge is 2.28. The smallest absolute Gasteiger partial charge is 0.328 e. The fraction of sp³-hybridized carbons (Fsp3) is 0.500. The molecule has 0 aromatic carbocycles. The molecule has 0 saturated carbocycles. The van der Waals surface area contributed by atoms with Crippen LogP contribution < -0.4 is 5.32 Å². The maximum absolute atomic E-state index is 11.1. The molecule has 1 aliphatic heterocycles. The molecular formula is C8H11NO5S. The van der Waals surface area contributed by atoms with Gasteiger partial charge in [0, 0.05) is 18.2 Å². The minimum atomic E-state index is -3.03. The number of carbonyl (C=O) groups is 2. The topological polar surface area (TPSA) is 101 Å². The lowest BCUT2D eigenvalue weighted by molar-refractivity contribution is -0.131. The van der Waals surface area contributed by atoms with Crippen LogP contribution in [-0.4, -0.2) is 42.9 Å². The van der Waals surface area contributed by atoms with E-state index in [1.807, 2.05) is 0 Å². The molecule has 1 saturated heterocycles. The van der Waals surface area contributed by atoms with Crippen LogP contribution in [0.15, 0.2) is 12.2 Å². The molecular weight excluding hydrogens is 222 g/mol. The third-order valence-corrected chi connectivity index (χ3v) is 3.72. The Kier molecular flexibility index (Phi) is 3.46. The van der Waals surface area contributed by atoms with Crippen LogP contribution in [0.1, 0.15) is 6.42 Å². The van der Waals surface area contributed by atoms with Crippen molar-refractivity contribution in [1.29, 1.82) is 0 Å². The number of carbonyl (C=O) groups excluding carboxylic acids is 1. The number of hydrogen-bond donors (Lipinski definition) is 2. The minimum absolute atomic E-state index is 0.0698. The molecule has 15 heavy (non-hydrogen) atoms. The van der Waals surface area contributed by atoms with Gasteiger partial charge in [-0.2, -0.15) is 0 Å². The zero-order valence-corrected chi connectivity index (χ0v) is 8.66. The van der Waals surface area contributed by atoms with Gasteiger partial charge in [0.05, 0.1) is 11.5 Å². The van der Waals surface area contributed by atoms with Crippen LogP contribution in [0.3, 0.4) is 0 Å². The van der Waals surface area contributed by atoms with Gasteiger partial charge >= 0.3 is 5.97 Å². The number of aliphatic carboxylic acids is 1. The fourth-order valence-corrected chi connectivity index (χ4v) is 2.98. The lowest BCUT2D eigenvalue weighted by Gasteiger charge is -2.07. The maximum atomic E-state index is 11.1. The summed E-state index contributed by atoms with van der Waals surface area (Å²) in [4.78, 5) is 21.1. The highest BCUT2D eigenvalue weighted by molar-refractivity contribution is 7.91. The van der Waals surface area contributed by atoms with E-state index in [4.69, 9.17) is 5.11 Å². The first-order chi connectivity index (χ1) is 6.89. The monoisotopic (exact) mass is 233 g/mol. The van der Waals surface area contributed by atoms with Gasteiger partial charge in [0.1, 0.15) is 0 Å². The van der Waals surface area contributed by atoms with Crippen molar-refractivity contribution in [1.82, 2.24) is 5.32 Å². The summed E-state index contributed by atoms with van der Waals surface area (Å²) in [5.74, 6) is -1.80. The Morgan fingerprint density at radius 1 is 1.33 bits per heavy atom. The number of amides is 1. The molecule has 2 N–H and O–H groups in total. The van der Waals surface area contributed by atoms with Crippen molar-refractivity contribution >= 4 is 21.7 Å². The SMILES string of the molecule is O=C(O)/C=C\C(=O)N[C@H]1CCS(=O)(=O)C1. The summed E-state index contributed by atoms with van der Waals surface area (Å²) in [5, 5.41) is 10.7. The van der Waals surface area contributed by atoms with Gasteiger partial charge in [0.15, 0.2) is 9.84 Å². The van der Waals surface area contributed by atoms with E-state index in [9.17, 15) is 18.0 Å². The second-order valence-corrected chi connectivity index (χ2v) is 5.51. The van der Waals surface area contributed by atoms with Crippen molar-refractivity contribution in [2.75, 3.05) is 11.5 Å². The van der Waals surface area contributed by atoms with Gasteiger partial charge in [0.2, 0.25) is 5.91 Å². The summed E-state index contributed by atoms with van der Waals surface area (Å²) >= 11 is 0. The third-order valence-electron chi connectivity index (χ3n) is 1.96. The molecule has 6 nitrogen and oxygen atoms in total. The van der Waals surface area contributed by atoms with E-state index in [1.54, 1.807) is 0 Å². The zero-order chi connectivity index (χ0) is 11.5. The molecule has 1 amide bonds. The van der Waals surface area contributed by atoms with Gasteiger partial charge in [-0.05, 0) is 6.42 Å². The van der Waals surface area contributed by atoms with Gasteiger partial charge in [-0.15, -0.1) is 0 Å². The number of carboxylic acid groups (broad SMARTS) is 1. The second kappa shape index (κ2) is 4.43. The van der Waals surface area contributed by atoms with E-state index >= 15 is 0 Å². The zero-order valence-electron chi connectivity index (χ0n) is 7.84. The van der Waals surface area contributed by atoms with E-state index < -0.39 is 27.8 Å². The quantitative estimate of drug-likeness (QED) is 0.604. The Bertz CT molecular complexity index is 397. The Hall–Kier alpha value is -1.37. The average Bonchev–Trinajstić information content (AvgIpc) is 2.42. The lowest BCUT2D eigenvalue weighted by Crippen LogP contribution is -2.34. The van der Waals surface area contributed by atoms with Crippen LogP contribution in [0.25, 0.3) is 0 Å². The number of carboxylic acids is 1. The highest BCUT2D eigenvalue weighted by Crippen LogP contribution is 2.10. The third kappa shape index (κ3) is 4.11. The van der Waals surface area contributed by atoms with Crippen molar-refractivity contribution in [3.8, 4) is 0 Å². The molecule has 0 aromatic rings. The van der Waals surface area contributed by atoms with Crippen LogP contribution >= 0.6 is 0 Å². The summed E-state index contributed by atoms with van der Waals surface area (Å²) in [6.45, 7) is 0. The van der Waals surface area contributed by atoms with E-state index in [-0.39, 0.29) is 11.5 Å². The van der Waals surface area contributed by atoms with Crippen molar-refractivity contribution in [3.05, 3.63) is 12.2 Å². The van der Waals surface area contributed by atoms with E-state index in [0.717, 1.165) is 6.08 Å². The first-order valence-corrected chi connectivity index (χ1v) is 6.13. The van der Waals surface area contributed by atoms with Crippen molar-refractivity contribution in [2.24, 2.45) is 0 Å². The van der Waals surface area contributed by atoms with Crippen molar-refractivity contribution in [3.63, 3.8) is 0 Å².